The minimum absolute atomic E-state index is 0.451. The normalized spacial score (nSPS) is 24.2. The van der Waals surface area contributed by atoms with Crippen LogP contribution in [0.5, 0.6) is 0 Å². The van der Waals surface area contributed by atoms with Crippen LogP contribution >= 0.6 is 0 Å². The Morgan fingerprint density at radius 2 is 1.95 bits per heavy atom. The van der Waals surface area contributed by atoms with Gasteiger partial charge in [0.2, 0.25) is 5.95 Å². The van der Waals surface area contributed by atoms with Crippen LogP contribution in [0, 0.1) is 0 Å². The summed E-state index contributed by atoms with van der Waals surface area (Å²) in [6.45, 7) is 4.40. The lowest BCUT2D eigenvalue weighted by Crippen LogP contribution is -2.32. The first-order valence-corrected chi connectivity index (χ1v) is 8.47. The summed E-state index contributed by atoms with van der Waals surface area (Å²) in [5, 5.41) is 6.98. The molecule has 0 spiro atoms. The van der Waals surface area contributed by atoms with Crippen LogP contribution in [0.2, 0.25) is 0 Å². The summed E-state index contributed by atoms with van der Waals surface area (Å²) in [4.78, 5) is 11.6. The second-order valence-electron chi connectivity index (χ2n) is 6.18. The van der Waals surface area contributed by atoms with Crippen molar-refractivity contribution in [3.05, 3.63) is 12.3 Å². The van der Waals surface area contributed by atoms with Crippen molar-refractivity contribution >= 4 is 11.8 Å². The molecule has 2 aliphatic heterocycles. The highest BCUT2D eigenvalue weighted by Crippen LogP contribution is 2.18. The van der Waals surface area contributed by atoms with Gasteiger partial charge in [-0.1, -0.05) is 19.3 Å². The Morgan fingerprint density at radius 1 is 1.10 bits per heavy atom. The summed E-state index contributed by atoms with van der Waals surface area (Å²) in [6.07, 6.45) is 10.9. The summed E-state index contributed by atoms with van der Waals surface area (Å²) in [6, 6.07) is 2.49. The molecule has 1 aromatic rings. The predicted octanol–water partition coefficient (Wildman–Crippen LogP) is 2.41. The van der Waals surface area contributed by atoms with Crippen LogP contribution < -0.4 is 15.5 Å². The molecule has 1 aromatic heterocycles. The SMILES string of the molecule is c1cc(N2CCCCCC2)nc(N[C@H]2CCCCNC2)n1. The van der Waals surface area contributed by atoms with Crippen molar-refractivity contribution in [3.8, 4) is 0 Å². The van der Waals surface area contributed by atoms with Crippen LogP contribution in [0.3, 0.4) is 0 Å². The van der Waals surface area contributed by atoms with Gasteiger partial charge in [-0.05, 0) is 38.3 Å². The highest BCUT2D eigenvalue weighted by atomic mass is 15.2. The Hall–Kier alpha value is -1.36. The molecule has 0 bridgehead atoms. The highest BCUT2D eigenvalue weighted by molar-refractivity contribution is 5.43. The third-order valence-electron chi connectivity index (χ3n) is 4.45. The van der Waals surface area contributed by atoms with Gasteiger partial charge in [-0.15, -0.1) is 0 Å². The van der Waals surface area contributed by atoms with Gasteiger partial charge in [0, 0.05) is 31.9 Å². The Bertz CT molecular complexity index is 420. The molecule has 3 rings (SSSR count). The Balaban J connectivity index is 1.64. The van der Waals surface area contributed by atoms with E-state index in [1.807, 2.05) is 12.3 Å². The second kappa shape index (κ2) is 7.59. The molecule has 0 unspecified atom stereocenters. The number of aromatic nitrogens is 2. The maximum atomic E-state index is 4.74. The van der Waals surface area contributed by atoms with Crippen LogP contribution in [0.25, 0.3) is 0 Å². The number of nitrogens with zero attached hydrogens (tertiary/aromatic N) is 3. The minimum atomic E-state index is 0.451. The zero-order chi connectivity index (χ0) is 14.3. The maximum absolute atomic E-state index is 4.74. The quantitative estimate of drug-likeness (QED) is 0.895. The largest absolute Gasteiger partial charge is 0.356 e. The monoisotopic (exact) mass is 289 g/mol. The van der Waals surface area contributed by atoms with E-state index >= 15 is 0 Å². The zero-order valence-electron chi connectivity index (χ0n) is 12.9. The fourth-order valence-electron chi connectivity index (χ4n) is 3.22. The number of anilines is 2. The molecule has 2 aliphatic rings. The van der Waals surface area contributed by atoms with Gasteiger partial charge in [-0.2, -0.15) is 4.98 Å². The third kappa shape index (κ3) is 4.30. The Labute approximate surface area is 127 Å². The molecule has 21 heavy (non-hydrogen) atoms. The van der Waals surface area contributed by atoms with Crippen LogP contribution in [-0.4, -0.2) is 42.2 Å². The van der Waals surface area contributed by atoms with Gasteiger partial charge < -0.3 is 15.5 Å². The van der Waals surface area contributed by atoms with Crippen LogP contribution in [0.4, 0.5) is 11.8 Å². The van der Waals surface area contributed by atoms with Crippen molar-refractivity contribution < 1.29 is 0 Å². The number of rotatable bonds is 3. The van der Waals surface area contributed by atoms with Crippen molar-refractivity contribution in [3.63, 3.8) is 0 Å². The fourth-order valence-corrected chi connectivity index (χ4v) is 3.22. The fraction of sp³-hybridized carbons (Fsp3) is 0.750. The first-order valence-electron chi connectivity index (χ1n) is 8.47. The minimum Gasteiger partial charge on any atom is -0.356 e. The summed E-state index contributed by atoms with van der Waals surface area (Å²) < 4.78 is 0. The molecule has 0 saturated carbocycles. The van der Waals surface area contributed by atoms with Gasteiger partial charge in [-0.25, -0.2) is 4.98 Å². The molecule has 0 aromatic carbocycles. The van der Waals surface area contributed by atoms with Gasteiger partial charge in [0.05, 0.1) is 0 Å². The molecule has 2 fully saturated rings. The molecule has 0 amide bonds. The smallest absolute Gasteiger partial charge is 0.224 e. The van der Waals surface area contributed by atoms with E-state index in [2.05, 4.69) is 20.5 Å². The molecule has 3 heterocycles. The molecule has 2 N–H and O–H groups in total. The number of nitrogens with one attached hydrogen (secondary N) is 2. The molecule has 1 atom stereocenters. The Morgan fingerprint density at radius 3 is 2.81 bits per heavy atom. The van der Waals surface area contributed by atoms with E-state index in [1.165, 1.54) is 44.9 Å². The molecule has 2 saturated heterocycles. The molecule has 5 nitrogen and oxygen atoms in total. The van der Waals surface area contributed by atoms with Gasteiger partial charge in [0.15, 0.2) is 0 Å². The van der Waals surface area contributed by atoms with Crippen molar-refractivity contribution in [2.75, 3.05) is 36.4 Å². The molecule has 116 valence electrons. The van der Waals surface area contributed by atoms with Gasteiger partial charge in [0.25, 0.3) is 0 Å². The van der Waals surface area contributed by atoms with E-state index in [4.69, 9.17) is 4.98 Å². The first-order chi connectivity index (χ1) is 10.4. The first kappa shape index (κ1) is 14.6. The summed E-state index contributed by atoms with van der Waals surface area (Å²) in [5.74, 6) is 1.86. The lowest BCUT2D eigenvalue weighted by molar-refractivity contribution is 0.630. The van der Waals surface area contributed by atoms with Crippen molar-refractivity contribution in [2.45, 2.75) is 51.0 Å². The van der Waals surface area contributed by atoms with E-state index in [1.54, 1.807) is 0 Å². The average Bonchev–Trinajstić information content (AvgIpc) is 2.92. The summed E-state index contributed by atoms with van der Waals surface area (Å²) in [7, 11) is 0. The van der Waals surface area contributed by atoms with Crippen molar-refractivity contribution in [1.29, 1.82) is 0 Å². The third-order valence-corrected chi connectivity index (χ3v) is 4.45. The van der Waals surface area contributed by atoms with Crippen molar-refractivity contribution in [2.24, 2.45) is 0 Å². The standard InChI is InChI=1S/C16H27N5/c1-2-6-12-21(11-5-1)15-8-10-18-16(20-15)19-14-7-3-4-9-17-13-14/h8,10,14,17H,1-7,9,11-13H2,(H,18,19,20)/t14-/m0/s1. The van der Waals surface area contributed by atoms with E-state index in [9.17, 15) is 0 Å². The summed E-state index contributed by atoms with van der Waals surface area (Å²) >= 11 is 0. The maximum Gasteiger partial charge on any atom is 0.224 e. The van der Waals surface area contributed by atoms with E-state index < -0.39 is 0 Å². The Kier molecular flexibility index (Phi) is 5.27. The van der Waals surface area contributed by atoms with E-state index in [-0.39, 0.29) is 0 Å². The second-order valence-corrected chi connectivity index (χ2v) is 6.18. The molecule has 5 heteroatoms. The number of hydrogen-bond acceptors (Lipinski definition) is 5. The van der Waals surface area contributed by atoms with Gasteiger partial charge in [-0.3, -0.25) is 0 Å². The van der Waals surface area contributed by atoms with Gasteiger partial charge >= 0.3 is 0 Å². The molecular weight excluding hydrogens is 262 g/mol. The van der Waals surface area contributed by atoms with Crippen LogP contribution in [-0.2, 0) is 0 Å². The topological polar surface area (TPSA) is 53.1 Å². The van der Waals surface area contributed by atoms with Gasteiger partial charge in [0.1, 0.15) is 5.82 Å². The molecule has 0 aliphatic carbocycles. The van der Waals surface area contributed by atoms with E-state index in [0.717, 1.165) is 37.9 Å². The number of hydrogen-bond donors (Lipinski definition) is 2. The zero-order valence-corrected chi connectivity index (χ0v) is 12.9. The van der Waals surface area contributed by atoms with Crippen molar-refractivity contribution in [1.82, 2.24) is 15.3 Å². The van der Waals surface area contributed by atoms with Crippen LogP contribution in [0.15, 0.2) is 12.3 Å². The van der Waals surface area contributed by atoms with Crippen LogP contribution in [0.1, 0.15) is 44.9 Å². The average molecular weight is 289 g/mol. The van der Waals surface area contributed by atoms with E-state index in [0.29, 0.717) is 6.04 Å². The predicted molar refractivity (Wildman–Crippen MR) is 86.8 cm³/mol. The lowest BCUT2D eigenvalue weighted by Gasteiger charge is -2.22. The highest BCUT2D eigenvalue weighted by Gasteiger charge is 2.15. The molecular formula is C16H27N5. The molecule has 0 radical (unpaired) electrons. The summed E-state index contributed by atoms with van der Waals surface area (Å²) in [5.41, 5.74) is 0. The lowest BCUT2D eigenvalue weighted by atomic mass is 10.1.